The molecule has 102 valence electrons. The third kappa shape index (κ3) is 3.72. The van der Waals surface area contributed by atoms with Gasteiger partial charge in [0.05, 0.1) is 12.6 Å². The minimum absolute atomic E-state index is 0.0684. The Morgan fingerprint density at radius 3 is 2.52 bits per heavy atom. The molecule has 0 saturated carbocycles. The lowest BCUT2D eigenvalue weighted by Gasteiger charge is -2.13. The van der Waals surface area contributed by atoms with Crippen molar-refractivity contribution in [3.8, 4) is 6.07 Å². The molecule has 21 heavy (non-hydrogen) atoms. The van der Waals surface area contributed by atoms with Crippen LogP contribution in [0.1, 0.15) is 18.1 Å². The molecule has 1 aliphatic heterocycles. The molecule has 0 aromatic heterocycles. The van der Waals surface area contributed by atoms with E-state index in [1.807, 2.05) is 49.4 Å². The summed E-state index contributed by atoms with van der Waals surface area (Å²) in [6, 6.07) is 10.0. The van der Waals surface area contributed by atoms with Crippen LogP contribution in [-0.2, 0) is 4.74 Å². The Morgan fingerprint density at radius 1 is 1.19 bits per heavy atom. The van der Waals surface area contributed by atoms with Crippen LogP contribution in [0.3, 0.4) is 0 Å². The topological polar surface area (TPSA) is 37.4 Å². The van der Waals surface area contributed by atoms with Gasteiger partial charge in [0.2, 0.25) is 0 Å². The van der Waals surface area contributed by atoms with Gasteiger partial charge in [0, 0.05) is 0 Å². The number of ether oxygens (including phenoxy) is 1. The second kappa shape index (κ2) is 6.41. The lowest BCUT2D eigenvalue weighted by atomic mass is 10.1. The van der Waals surface area contributed by atoms with Crippen LogP contribution in [0.15, 0.2) is 65.3 Å². The summed E-state index contributed by atoms with van der Waals surface area (Å²) in [6.07, 6.45) is 7.17. The van der Waals surface area contributed by atoms with E-state index >= 15 is 0 Å². The monoisotopic (exact) mass is 274 g/mol. The van der Waals surface area contributed by atoms with Crippen LogP contribution >= 0.6 is 0 Å². The van der Waals surface area contributed by atoms with E-state index < -0.39 is 0 Å². The molecule has 0 aliphatic carbocycles. The normalized spacial score (nSPS) is 16.4. The molecule has 0 bridgehead atoms. The third-order valence-corrected chi connectivity index (χ3v) is 2.94. The predicted molar refractivity (Wildman–Crippen MR) is 82.4 cm³/mol. The van der Waals surface area contributed by atoms with Crippen molar-refractivity contribution < 1.29 is 4.74 Å². The number of hydrogen-bond acceptors (Lipinski definition) is 2. The smallest absolute Gasteiger partial charge is 0.269 e. The molecule has 1 aliphatic rings. The van der Waals surface area contributed by atoms with Crippen LogP contribution in [0.5, 0.6) is 0 Å². The van der Waals surface area contributed by atoms with Crippen molar-refractivity contribution in [3.05, 3.63) is 87.8 Å². The van der Waals surface area contributed by atoms with Crippen molar-refractivity contribution in [2.75, 3.05) is 0 Å². The summed E-state index contributed by atoms with van der Waals surface area (Å²) >= 11 is 0. The zero-order chi connectivity index (χ0) is 15.2. The van der Waals surface area contributed by atoms with E-state index in [-0.39, 0.29) is 5.70 Å². The van der Waals surface area contributed by atoms with Gasteiger partial charge in [0.25, 0.3) is 5.70 Å². The summed E-state index contributed by atoms with van der Waals surface area (Å²) in [7, 11) is 0. The van der Waals surface area contributed by atoms with Gasteiger partial charge in [-0.15, -0.1) is 0 Å². The first-order chi connectivity index (χ1) is 10.1. The van der Waals surface area contributed by atoms with Crippen LogP contribution in [0.4, 0.5) is 0 Å². The molecule has 2 rings (SSSR count). The fourth-order valence-electron chi connectivity index (χ4n) is 1.89. The molecule has 1 aromatic rings. The Labute approximate surface area is 124 Å². The summed E-state index contributed by atoms with van der Waals surface area (Å²) in [5.41, 5.74) is 2.92. The minimum atomic E-state index is 0.0684. The van der Waals surface area contributed by atoms with Crippen LogP contribution in [0.25, 0.3) is 10.9 Å². The van der Waals surface area contributed by atoms with Crippen LogP contribution < -0.4 is 0 Å². The lowest BCUT2D eigenvalue weighted by molar-refractivity contribution is 0.318. The molecular weight excluding hydrogens is 260 g/mol. The minimum Gasteiger partial charge on any atom is -0.462 e. The van der Waals surface area contributed by atoms with Gasteiger partial charge in [-0.05, 0) is 43.2 Å². The van der Waals surface area contributed by atoms with Gasteiger partial charge in [0.15, 0.2) is 0 Å². The first-order valence-corrected chi connectivity index (χ1v) is 6.47. The Hall–Kier alpha value is -3.04. The van der Waals surface area contributed by atoms with Crippen molar-refractivity contribution >= 4 is 6.08 Å². The van der Waals surface area contributed by atoms with E-state index in [9.17, 15) is 0 Å². The Kier molecular flexibility index (Phi) is 4.39. The molecule has 3 heteroatoms. The highest BCUT2D eigenvalue weighted by molar-refractivity contribution is 5.56. The standard InChI is InChI=1S/C18H14N2O/c1-13-4-6-15(7-5-13)8-9-17-11-16(10-14(2)21-17)18(12-19)20-3/h4-11H,1-2H3/b9-8+,18-16-. The summed E-state index contributed by atoms with van der Waals surface area (Å²) in [5, 5.41) is 8.95. The van der Waals surface area contributed by atoms with Crippen molar-refractivity contribution in [2.24, 2.45) is 0 Å². The molecule has 1 aromatic carbocycles. The number of benzene rings is 1. The Bertz CT molecular complexity index is 732. The first-order valence-electron chi connectivity index (χ1n) is 6.47. The summed E-state index contributed by atoms with van der Waals surface area (Å²) in [4.78, 5) is 3.23. The van der Waals surface area contributed by atoms with E-state index in [0.717, 1.165) is 5.56 Å². The fraction of sp³-hybridized carbons (Fsp3) is 0.111. The van der Waals surface area contributed by atoms with Gasteiger partial charge in [-0.2, -0.15) is 0 Å². The molecule has 1 heterocycles. The zero-order valence-electron chi connectivity index (χ0n) is 11.9. The number of rotatable bonds is 2. The molecule has 0 atom stereocenters. The van der Waals surface area contributed by atoms with E-state index in [0.29, 0.717) is 17.1 Å². The van der Waals surface area contributed by atoms with Gasteiger partial charge in [-0.25, -0.2) is 10.1 Å². The van der Waals surface area contributed by atoms with E-state index in [1.165, 1.54) is 5.56 Å². The average molecular weight is 274 g/mol. The molecule has 0 saturated heterocycles. The lowest BCUT2D eigenvalue weighted by Crippen LogP contribution is -1.96. The van der Waals surface area contributed by atoms with Crippen LogP contribution in [0.2, 0.25) is 0 Å². The molecule has 0 N–H and O–H groups in total. The second-order valence-corrected chi connectivity index (χ2v) is 4.68. The number of aryl methyl sites for hydroxylation is 1. The Morgan fingerprint density at radius 2 is 1.90 bits per heavy atom. The van der Waals surface area contributed by atoms with Crippen molar-refractivity contribution in [1.82, 2.24) is 0 Å². The van der Waals surface area contributed by atoms with Crippen molar-refractivity contribution in [3.63, 3.8) is 0 Å². The van der Waals surface area contributed by atoms with Crippen molar-refractivity contribution in [1.29, 1.82) is 5.26 Å². The predicted octanol–water partition coefficient (Wildman–Crippen LogP) is 4.52. The maximum atomic E-state index is 8.95. The van der Waals surface area contributed by atoms with Gasteiger partial charge >= 0.3 is 0 Å². The Balaban J connectivity index is 2.29. The number of nitrogens with zero attached hydrogens (tertiary/aromatic N) is 2. The third-order valence-electron chi connectivity index (χ3n) is 2.94. The molecular formula is C18H14N2O. The zero-order valence-corrected chi connectivity index (χ0v) is 11.9. The average Bonchev–Trinajstić information content (AvgIpc) is 2.47. The second-order valence-electron chi connectivity index (χ2n) is 4.68. The molecule has 0 spiro atoms. The summed E-state index contributed by atoms with van der Waals surface area (Å²) in [6.45, 7) is 10.8. The van der Waals surface area contributed by atoms with Gasteiger partial charge < -0.3 is 4.74 Å². The van der Waals surface area contributed by atoms with Gasteiger partial charge in [0.1, 0.15) is 11.5 Å². The maximum absolute atomic E-state index is 8.95. The quantitative estimate of drug-likeness (QED) is 0.587. The molecule has 0 fully saturated rings. The highest BCUT2D eigenvalue weighted by Gasteiger charge is 2.10. The van der Waals surface area contributed by atoms with E-state index in [1.54, 1.807) is 19.1 Å². The number of nitriles is 1. The first kappa shape index (κ1) is 14.4. The molecule has 0 radical (unpaired) electrons. The van der Waals surface area contributed by atoms with E-state index in [4.69, 9.17) is 16.6 Å². The van der Waals surface area contributed by atoms with Gasteiger partial charge in [-0.1, -0.05) is 35.9 Å². The molecule has 3 nitrogen and oxygen atoms in total. The number of hydrogen-bond donors (Lipinski definition) is 0. The fourth-order valence-corrected chi connectivity index (χ4v) is 1.89. The maximum Gasteiger partial charge on any atom is 0.269 e. The molecule has 0 amide bonds. The summed E-state index contributed by atoms with van der Waals surface area (Å²) < 4.78 is 5.59. The summed E-state index contributed by atoms with van der Waals surface area (Å²) in [5.74, 6) is 1.27. The van der Waals surface area contributed by atoms with Crippen LogP contribution in [0, 0.1) is 24.8 Å². The van der Waals surface area contributed by atoms with E-state index in [2.05, 4.69) is 4.85 Å². The highest BCUT2D eigenvalue weighted by atomic mass is 16.5. The largest absolute Gasteiger partial charge is 0.462 e. The molecule has 0 unspecified atom stereocenters. The SMILES string of the molecule is [C-]#[N+]/C(C#N)=C1/C=C(C)OC(/C=C/c2ccc(C)cc2)=C1. The van der Waals surface area contributed by atoms with Crippen LogP contribution in [-0.4, -0.2) is 0 Å². The van der Waals surface area contributed by atoms with Crippen molar-refractivity contribution in [2.45, 2.75) is 13.8 Å². The van der Waals surface area contributed by atoms with Gasteiger partial charge in [-0.3, -0.25) is 0 Å². The number of allylic oxidation sites excluding steroid dienone is 6. The highest BCUT2D eigenvalue weighted by Crippen LogP contribution is 2.23.